The molecule has 0 saturated carbocycles. The maximum Gasteiger partial charge on any atom is 0.269 e. The van der Waals surface area contributed by atoms with Crippen LogP contribution in [0.2, 0.25) is 0 Å². The fourth-order valence-electron chi connectivity index (χ4n) is 2.54. The number of benzene rings is 2. The summed E-state index contributed by atoms with van der Waals surface area (Å²) in [5, 5.41) is 24.0. The summed E-state index contributed by atoms with van der Waals surface area (Å²) < 4.78 is 25.2. The molecule has 0 fully saturated rings. The number of nitrogens with zero attached hydrogens (tertiary/aromatic N) is 2. The van der Waals surface area contributed by atoms with Crippen molar-refractivity contribution in [3.05, 3.63) is 75.8 Å². The zero-order chi connectivity index (χ0) is 22.1. The molecular formula is C19H18N4O6S. The number of carbonyl (C=O) groups is 2. The van der Waals surface area contributed by atoms with Crippen molar-refractivity contribution < 1.29 is 22.9 Å². The molecule has 0 radical (unpaired) electrons. The van der Waals surface area contributed by atoms with Crippen molar-refractivity contribution in [3.8, 4) is 6.07 Å². The second-order valence-corrected chi connectivity index (χ2v) is 8.36. The molecule has 0 bridgehead atoms. The average Bonchev–Trinajstić information content (AvgIpc) is 2.72. The molecule has 2 aromatic rings. The van der Waals surface area contributed by atoms with Crippen molar-refractivity contribution in [2.24, 2.45) is 0 Å². The highest BCUT2D eigenvalue weighted by atomic mass is 32.2. The monoisotopic (exact) mass is 430 g/mol. The van der Waals surface area contributed by atoms with E-state index in [1.165, 1.54) is 36.4 Å². The summed E-state index contributed by atoms with van der Waals surface area (Å²) in [4.78, 5) is 34.8. The molecule has 0 heterocycles. The lowest BCUT2D eigenvalue weighted by Gasteiger charge is -2.18. The van der Waals surface area contributed by atoms with Crippen LogP contribution in [-0.2, 0) is 20.4 Å². The van der Waals surface area contributed by atoms with Gasteiger partial charge in [0, 0.05) is 17.7 Å². The van der Waals surface area contributed by atoms with Crippen LogP contribution in [0.15, 0.2) is 54.6 Å². The Morgan fingerprint density at radius 3 is 2.30 bits per heavy atom. The first kappa shape index (κ1) is 22.5. The maximum atomic E-state index is 12.6. The highest BCUT2D eigenvalue weighted by Crippen LogP contribution is 2.15. The number of hydrogen-bond acceptors (Lipinski definition) is 7. The molecule has 0 spiro atoms. The fourth-order valence-corrected chi connectivity index (χ4v) is 4.11. The average molecular weight is 430 g/mol. The van der Waals surface area contributed by atoms with Gasteiger partial charge in [0.1, 0.15) is 12.6 Å². The first-order chi connectivity index (χ1) is 14.2. The summed E-state index contributed by atoms with van der Waals surface area (Å²) in [6, 6.07) is 13.2. The van der Waals surface area contributed by atoms with Crippen LogP contribution in [0.3, 0.4) is 0 Å². The fraction of sp³-hybridized carbons (Fsp3) is 0.211. The first-order valence-corrected chi connectivity index (χ1v) is 10.5. The van der Waals surface area contributed by atoms with Crippen LogP contribution in [-0.4, -0.2) is 43.5 Å². The van der Waals surface area contributed by atoms with E-state index in [0.717, 1.165) is 0 Å². The standard InChI is InChI=1S/C19H18N4O6S/c20-10-11-21-19(25)17(22-18(24)15-4-2-1-3-5-15)13-30(28,29)12-14-6-8-16(9-7-14)23(26)27/h1-9,17H,11-13H2,(H,21,25)(H,22,24). The molecule has 1 atom stereocenters. The van der Waals surface area contributed by atoms with Crippen molar-refractivity contribution in [1.29, 1.82) is 5.26 Å². The molecule has 1 unspecified atom stereocenters. The predicted molar refractivity (Wildman–Crippen MR) is 107 cm³/mol. The highest BCUT2D eigenvalue weighted by molar-refractivity contribution is 7.90. The Morgan fingerprint density at radius 2 is 1.73 bits per heavy atom. The molecular weight excluding hydrogens is 412 g/mol. The Bertz CT molecular complexity index is 1060. The van der Waals surface area contributed by atoms with Crippen LogP contribution in [0.1, 0.15) is 15.9 Å². The van der Waals surface area contributed by atoms with Gasteiger partial charge in [0.25, 0.3) is 11.6 Å². The maximum absolute atomic E-state index is 12.6. The smallest absolute Gasteiger partial charge is 0.269 e. The molecule has 11 heteroatoms. The summed E-state index contributed by atoms with van der Waals surface area (Å²) in [6.45, 7) is -0.348. The van der Waals surface area contributed by atoms with Crippen LogP contribution in [0.4, 0.5) is 5.69 Å². The lowest BCUT2D eigenvalue weighted by Crippen LogP contribution is -2.50. The molecule has 2 aromatic carbocycles. The topological polar surface area (TPSA) is 159 Å². The van der Waals surface area contributed by atoms with E-state index < -0.39 is 44.1 Å². The van der Waals surface area contributed by atoms with E-state index in [2.05, 4.69) is 10.6 Å². The van der Waals surface area contributed by atoms with E-state index in [0.29, 0.717) is 5.56 Å². The van der Waals surface area contributed by atoms with Crippen molar-refractivity contribution in [2.75, 3.05) is 12.3 Å². The number of non-ortho nitro benzene ring substituents is 1. The number of amides is 2. The number of nitriles is 1. The number of hydrogen-bond donors (Lipinski definition) is 2. The molecule has 0 aliphatic rings. The first-order valence-electron chi connectivity index (χ1n) is 8.66. The van der Waals surface area contributed by atoms with E-state index in [1.807, 2.05) is 0 Å². The van der Waals surface area contributed by atoms with E-state index in [-0.39, 0.29) is 17.8 Å². The van der Waals surface area contributed by atoms with Gasteiger partial charge >= 0.3 is 0 Å². The van der Waals surface area contributed by atoms with Crippen molar-refractivity contribution in [2.45, 2.75) is 11.8 Å². The van der Waals surface area contributed by atoms with Gasteiger partial charge in [-0.2, -0.15) is 5.26 Å². The van der Waals surface area contributed by atoms with E-state index >= 15 is 0 Å². The van der Waals surface area contributed by atoms with Crippen molar-refractivity contribution in [3.63, 3.8) is 0 Å². The number of sulfone groups is 1. The number of nitro groups is 1. The van der Waals surface area contributed by atoms with Crippen molar-refractivity contribution in [1.82, 2.24) is 10.6 Å². The van der Waals surface area contributed by atoms with Gasteiger partial charge in [0.2, 0.25) is 5.91 Å². The minimum atomic E-state index is -3.89. The van der Waals surface area contributed by atoms with Gasteiger partial charge in [0.05, 0.1) is 22.5 Å². The second kappa shape index (κ2) is 10.1. The minimum absolute atomic E-state index is 0.181. The van der Waals surface area contributed by atoms with Crippen LogP contribution in [0.5, 0.6) is 0 Å². The van der Waals surface area contributed by atoms with Gasteiger partial charge in [-0.15, -0.1) is 0 Å². The Morgan fingerprint density at radius 1 is 1.10 bits per heavy atom. The van der Waals surface area contributed by atoms with Crippen LogP contribution in [0, 0.1) is 21.4 Å². The molecule has 0 aliphatic carbocycles. The van der Waals surface area contributed by atoms with E-state index in [1.54, 1.807) is 24.3 Å². The highest BCUT2D eigenvalue weighted by Gasteiger charge is 2.28. The van der Waals surface area contributed by atoms with Gasteiger partial charge in [-0.3, -0.25) is 19.7 Å². The molecule has 30 heavy (non-hydrogen) atoms. The van der Waals surface area contributed by atoms with Gasteiger partial charge in [-0.05, 0) is 17.7 Å². The minimum Gasteiger partial charge on any atom is -0.341 e. The summed E-state index contributed by atoms with van der Waals surface area (Å²) in [5.74, 6) is -2.64. The van der Waals surface area contributed by atoms with Gasteiger partial charge in [-0.1, -0.05) is 30.3 Å². The van der Waals surface area contributed by atoms with Gasteiger partial charge < -0.3 is 10.6 Å². The zero-order valence-electron chi connectivity index (χ0n) is 15.6. The molecule has 0 saturated heterocycles. The zero-order valence-corrected chi connectivity index (χ0v) is 16.5. The van der Waals surface area contributed by atoms with Crippen LogP contribution in [0.25, 0.3) is 0 Å². The lowest BCUT2D eigenvalue weighted by atomic mass is 10.2. The number of rotatable bonds is 9. The molecule has 2 rings (SSSR count). The summed E-state index contributed by atoms with van der Waals surface area (Å²) >= 11 is 0. The van der Waals surface area contributed by atoms with Gasteiger partial charge in [-0.25, -0.2) is 8.42 Å². The van der Waals surface area contributed by atoms with Crippen LogP contribution >= 0.6 is 0 Å². The Hall–Kier alpha value is -3.78. The third-order valence-corrected chi connectivity index (χ3v) is 5.57. The third-order valence-electron chi connectivity index (χ3n) is 3.95. The number of nitrogens with one attached hydrogen (secondary N) is 2. The molecule has 0 aliphatic heterocycles. The predicted octanol–water partition coefficient (Wildman–Crippen LogP) is 0.948. The SMILES string of the molecule is N#CCNC(=O)C(CS(=O)(=O)Cc1ccc([N+](=O)[O-])cc1)NC(=O)c1ccccc1. The summed E-state index contributed by atoms with van der Waals surface area (Å²) in [7, 11) is -3.89. The molecule has 2 N–H and O–H groups in total. The van der Waals surface area contributed by atoms with E-state index in [9.17, 15) is 28.1 Å². The number of carbonyl (C=O) groups excluding carboxylic acids is 2. The lowest BCUT2D eigenvalue weighted by molar-refractivity contribution is -0.384. The van der Waals surface area contributed by atoms with Gasteiger partial charge in [0.15, 0.2) is 9.84 Å². The Labute approximate surface area is 172 Å². The third kappa shape index (κ3) is 6.68. The molecule has 156 valence electrons. The largest absolute Gasteiger partial charge is 0.341 e. The summed E-state index contributed by atoms with van der Waals surface area (Å²) in [6.07, 6.45) is 0. The number of nitro benzene ring substituents is 1. The normalized spacial score (nSPS) is 11.7. The Balaban J connectivity index is 2.16. The van der Waals surface area contributed by atoms with E-state index in [4.69, 9.17) is 5.26 Å². The van der Waals surface area contributed by atoms with Crippen molar-refractivity contribution >= 4 is 27.3 Å². The second-order valence-electron chi connectivity index (χ2n) is 6.25. The quantitative estimate of drug-likeness (QED) is 0.340. The van der Waals surface area contributed by atoms with Crippen LogP contribution < -0.4 is 10.6 Å². The summed E-state index contributed by atoms with van der Waals surface area (Å²) in [5.41, 5.74) is 0.356. The molecule has 0 aromatic heterocycles. The molecule has 2 amide bonds. The molecule has 10 nitrogen and oxygen atoms in total. The Kier molecular flexibility index (Phi) is 7.60.